The van der Waals surface area contributed by atoms with Crippen molar-refractivity contribution < 1.29 is 9.90 Å². The quantitative estimate of drug-likeness (QED) is 0.889. The van der Waals surface area contributed by atoms with Crippen molar-refractivity contribution in [1.82, 2.24) is 0 Å². The summed E-state index contributed by atoms with van der Waals surface area (Å²) in [5.74, 6) is -0.895. The molecule has 2 aromatic rings. The third-order valence-electron chi connectivity index (χ3n) is 4.24. The molecule has 0 bridgehead atoms. The molecule has 1 unspecified atom stereocenters. The van der Waals surface area contributed by atoms with Gasteiger partial charge in [0.05, 0.1) is 11.6 Å². The van der Waals surface area contributed by atoms with Crippen LogP contribution in [0.25, 0.3) is 0 Å². The maximum absolute atomic E-state index is 10.9. The number of hydrogen-bond acceptors (Lipinski definition) is 2. The molecule has 3 heteroatoms. The molecule has 1 aliphatic carbocycles. The van der Waals surface area contributed by atoms with Crippen molar-refractivity contribution in [3.63, 3.8) is 0 Å². The minimum Gasteiger partial charge on any atom is -0.478 e. The van der Waals surface area contributed by atoms with Crippen LogP contribution >= 0.6 is 0 Å². The van der Waals surface area contributed by atoms with Gasteiger partial charge in [0.2, 0.25) is 0 Å². The number of benzene rings is 2. The molecule has 3 nitrogen and oxygen atoms in total. The maximum atomic E-state index is 10.9. The Labute approximate surface area is 124 Å². The molecule has 2 N–H and O–H groups in total. The smallest absolute Gasteiger partial charge is 0.335 e. The Morgan fingerprint density at radius 3 is 2.48 bits per heavy atom. The summed E-state index contributed by atoms with van der Waals surface area (Å²) >= 11 is 0. The minimum absolute atomic E-state index is 0.134. The highest BCUT2D eigenvalue weighted by Crippen LogP contribution is 2.46. The van der Waals surface area contributed by atoms with E-state index >= 15 is 0 Å². The number of carboxylic acids is 1. The van der Waals surface area contributed by atoms with E-state index < -0.39 is 5.97 Å². The van der Waals surface area contributed by atoms with Gasteiger partial charge in [-0.05, 0) is 47.2 Å². The van der Waals surface area contributed by atoms with E-state index in [0.717, 1.165) is 12.1 Å². The van der Waals surface area contributed by atoms with E-state index in [1.165, 1.54) is 11.1 Å². The van der Waals surface area contributed by atoms with Gasteiger partial charge >= 0.3 is 5.97 Å². The van der Waals surface area contributed by atoms with E-state index in [4.69, 9.17) is 5.11 Å². The lowest BCUT2D eigenvalue weighted by Gasteiger charge is -2.29. The normalized spacial score (nSPS) is 19.0. The van der Waals surface area contributed by atoms with Crippen LogP contribution in [0.1, 0.15) is 41.4 Å². The van der Waals surface area contributed by atoms with E-state index in [-0.39, 0.29) is 11.5 Å². The molecule has 108 valence electrons. The van der Waals surface area contributed by atoms with Crippen LogP contribution in [0, 0.1) is 5.41 Å². The van der Waals surface area contributed by atoms with Gasteiger partial charge in [-0.15, -0.1) is 0 Å². The van der Waals surface area contributed by atoms with Gasteiger partial charge in [0.1, 0.15) is 0 Å². The predicted molar refractivity (Wildman–Crippen MR) is 83.7 cm³/mol. The molecule has 2 aromatic carbocycles. The fourth-order valence-electron chi connectivity index (χ4n) is 3.14. The second kappa shape index (κ2) is 4.92. The van der Waals surface area contributed by atoms with Crippen LogP contribution < -0.4 is 5.32 Å². The number of fused-ring (bicyclic) bond motifs is 1. The molecule has 0 saturated heterocycles. The average molecular weight is 281 g/mol. The summed E-state index contributed by atoms with van der Waals surface area (Å²) in [4.78, 5) is 10.9. The lowest BCUT2D eigenvalue weighted by Crippen LogP contribution is -2.24. The number of carboxylic acid groups (broad SMARTS) is 1. The molecule has 1 aliphatic rings. The van der Waals surface area contributed by atoms with E-state index in [0.29, 0.717) is 5.56 Å². The van der Waals surface area contributed by atoms with Gasteiger partial charge in [-0.1, -0.05) is 38.1 Å². The highest BCUT2D eigenvalue weighted by atomic mass is 16.4. The monoisotopic (exact) mass is 281 g/mol. The van der Waals surface area contributed by atoms with Crippen LogP contribution in [0.15, 0.2) is 48.5 Å². The number of nitrogens with one attached hydrogen (secondary N) is 1. The van der Waals surface area contributed by atoms with E-state index in [9.17, 15) is 4.79 Å². The lowest BCUT2D eigenvalue weighted by atomic mass is 9.85. The summed E-state index contributed by atoms with van der Waals surface area (Å²) in [6.07, 6.45) is 1.05. The molecular weight excluding hydrogens is 262 g/mol. The first-order valence-electron chi connectivity index (χ1n) is 7.15. The van der Waals surface area contributed by atoms with Gasteiger partial charge in [0.25, 0.3) is 0 Å². The lowest BCUT2D eigenvalue weighted by molar-refractivity contribution is 0.0697. The number of anilines is 1. The summed E-state index contributed by atoms with van der Waals surface area (Å²) in [5, 5.41) is 12.5. The van der Waals surface area contributed by atoms with Crippen molar-refractivity contribution in [2.45, 2.75) is 26.3 Å². The molecular formula is C18H19NO2. The number of aromatic carboxylic acids is 1. The topological polar surface area (TPSA) is 49.3 Å². The summed E-state index contributed by atoms with van der Waals surface area (Å²) in [5.41, 5.74) is 4.13. The molecule has 1 atom stereocenters. The second-order valence-electron chi connectivity index (χ2n) is 6.32. The Hall–Kier alpha value is -2.29. The molecule has 0 spiro atoms. The molecule has 0 saturated carbocycles. The van der Waals surface area contributed by atoms with Crippen molar-refractivity contribution in [3.05, 3.63) is 65.2 Å². The number of carbonyl (C=O) groups is 1. The van der Waals surface area contributed by atoms with Crippen molar-refractivity contribution in [1.29, 1.82) is 0 Å². The molecule has 0 aliphatic heterocycles. The van der Waals surface area contributed by atoms with Crippen LogP contribution in [-0.4, -0.2) is 11.1 Å². The van der Waals surface area contributed by atoms with E-state index in [1.54, 1.807) is 12.1 Å². The summed E-state index contributed by atoms with van der Waals surface area (Å²) in [6.45, 7) is 4.52. The zero-order valence-corrected chi connectivity index (χ0v) is 12.3. The first-order chi connectivity index (χ1) is 9.97. The first kappa shape index (κ1) is 13.7. The largest absolute Gasteiger partial charge is 0.478 e. The van der Waals surface area contributed by atoms with E-state index in [2.05, 4.69) is 43.4 Å². The van der Waals surface area contributed by atoms with E-state index in [1.807, 2.05) is 12.1 Å². The first-order valence-corrected chi connectivity index (χ1v) is 7.15. The summed E-state index contributed by atoms with van der Waals surface area (Å²) in [6, 6.07) is 15.7. The Balaban J connectivity index is 1.88. The van der Waals surface area contributed by atoms with Gasteiger partial charge in [-0.3, -0.25) is 0 Å². The van der Waals surface area contributed by atoms with Gasteiger partial charge in [0.15, 0.2) is 0 Å². The second-order valence-corrected chi connectivity index (χ2v) is 6.32. The van der Waals surface area contributed by atoms with Gasteiger partial charge in [0, 0.05) is 5.69 Å². The molecule has 21 heavy (non-hydrogen) atoms. The van der Waals surface area contributed by atoms with Gasteiger partial charge in [-0.25, -0.2) is 4.79 Å². The molecule has 3 rings (SSSR count). The summed E-state index contributed by atoms with van der Waals surface area (Å²) in [7, 11) is 0. The Morgan fingerprint density at radius 2 is 1.81 bits per heavy atom. The van der Waals surface area contributed by atoms with Crippen LogP contribution in [0.3, 0.4) is 0 Å². The van der Waals surface area contributed by atoms with Crippen molar-refractivity contribution in [2.75, 3.05) is 5.32 Å². The Morgan fingerprint density at radius 1 is 1.14 bits per heavy atom. The SMILES string of the molecule is CC1(C)Cc2ccccc2C1Nc1ccc(C(=O)O)cc1. The number of rotatable bonds is 3. The standard InChI is InChI=1S/C18H19NO2/c1-18(2)11-13-5-3-4-6-15(13)16(18)19-14-9-7-12(8-10-14)17(20)21/h3-10,16,19H,11H2,1-2H3,(H,20,21). The Bertz CT molecular complexity index is 674. The zero-order chi connectivity index (χ0) is 15.0. The average Bonchev–Trinajstić information content (AvgIpc) is 2.70. The predicted octanol–water partition coefficient (Wildman–Crippen LogP) is 4.12. The van der Waals surface area contributed by atoms with Gasteiger partial charge < -0.3 is 10.4 Å². The van der Waals surface area contributed by atoms with Crippen LogP contribution in [0.4, 0.5) is 5.69 Å². The third-order valence-corrected chi connectivity index (χ3v) is 4.24. The van der Waals surface area contributed by atoms with Crippen LogP contribution in [0.2, 0.25) is 0 Å². The highest BCUT2D eigenvalue weighted by Gasteiger charge is 2.38. The molecule has 0 amide bonds. The molecule has 0 aromatic heterocycles. The summed E-state index contributed by atoms with van der Waals surface area (Å²) < 4.78 is 0. The van der Waals surface area contributed by atoms with Crippen molar-refractivity contribution in [3.8, 4) is 0 Å². The maximum Gasteiger partial charge on any atom is 0.335 e. The molecule has 0 heterocycles. The highest BCUT2D eigenvalue weighted by molar-refractivity contribution is 5.88. The molecule has 0 fully saturated rings. The fraction of sp³-hybridized carbons (Fsp3) is 0.278. The van der Waals surface area contributed by atoms with Crippen LogP contribution in [-0.2, 0) is 6.42 Å². The molecule has 0 radical (unpaired) electrons. The van der Waals surface area contributed by atoms with Crippen molar-refractivity contribution >= 4 is 11.7 Å². The van der Waals surface area contributed by atoms with Crippen LogP contribution in [0.5, 0.6) is 0 Å². The fourth-order valence-corrected chi connectivity index (χ4v) is 3.14. The minimum atomic E-state index is -0.895. The third kappa shape index (κ3) is 2.51. The van der Waals surface area contributed by atoms with Crippen molar-refractivity contribution in [2.24, 2.45) is 5.41 Å². The van der Waals surface area contributed by atoms with Gasteiger partial charge in [-0.2, -0.15) is 0 Å². The number of hydrogen-bond donors (Lipinski definition) is 2. The zero-order valence-electron chi connectivity index (χ0n) is 12.3. The Kier molecular flexibility index (Phi) is 3.20.